The van der Waals surface area contributed by atoms with E-state index >= 15 is 0 Å². The number of nitrogens with one attached hydrogen (secondary N) is 1. The third-order valence-corrected chi connectivity index (χ3v) is 2.63. The van der Waals surface area contributed by atoms with E-state index in [9.17, 15) is 4.39 Å². The molecule has 4 heteroatoms. The molecular formula is C13H20FNO2. The minimum atomic E-state index is -0.173. The maximum absolute atomic E-state index is 13.3. The fraction of sp³-hybridized carbons (Fsp3) is 0.538. The number of benzene rings is 1. The van der Waals surface area contributed by atoms with E-state index in [1.54, 1.807) is 19.1 Å². The lowest BCUT2D eigenvalue weighted by Gasteiger charge is -2.14. The van der Waals surface area contributed by atoms with Gasteiger partial charge in [-0.25, -0.2) is 4.39 Å². The van der Waals surface area contributed by atoms with Gasteiger partial charge in [0.15, 0.2) is 0 Å². The molecule has 1 atom stereocenters. The van der Waals surface area contributed by atoms with E-state index in [-0.39, 0.29) is 18.5 Å². The van der Waals surface area contributed by atoms with Crippen LogP contribution in [0.25, 0.3) is 0 Å². The van der Waals surface area contributed by atoms with Crippen LogP contribution in [-0.4, -0.2) is 31.5 Å². The zero-order chi connectivity index (χ0) is 12.7. The third-order valence-electron chi connectivity index (χ3n) is 2.63. The van der Waals surface area contributed by atoms with Crippen molar-refractivity contribution < 1.29 is 14.2 Å². The molecule has 0 aliphatic heterocycles. The van der Waals surface area contributed by atoms with Crippen LogP contribution in [-0.2, 0) is 4.74 Å². The molecule has 0 radical (unpaired) electrons. The van der Waals surface area contributed by atoms with Gasteiger partial charge in [-0.2, -0.15) is 0 Å². The van der Waals surface area contributed by atoms with Crippen LogP contribution in [0, 0.1) is 12.7 Å². The summed E-state index contributed by atoms with van der Waals surface area (Å²) in [5, 5.41) is 11.8. The van der Waals surface area contributed by atoms with Gasteiger partial charge < -0.3 is 15.2 Å². The Labute approximate surface area is 102 Å². The average Bonchev–Trinajstić information content (AvgIpc) is 2.32. The Hall–Kier alpha value is -0.970. The van der Waals surface area contributed by atoms with Crippen LogP contribution in [0.4, 0.5) is 4.39 Å². The van der Waals surface area contributed by atoms with Gasteiger partial charge in [0.25, 0.3) is 0 Å². The smallest absolute Gasteiger partial charge is 0.126 e. The Bertz CT molecular complexity index is 344. The molecule has 0 aromatic heterocycles. The van der Waals surface area contributed by atoms with Gasteiger partial charge in [0, 0.05) is 12.6 Å². The van der Waals surface area contributed by atoms with Crippen molar-refractivity contribution >= 4 is 0 Å². The van der Waals surface area contributed by atoms with Gasteiger partial charge >= 0.3 is 0 Å². The van der Waals surface area contributed by atoms with Crippen molar-refractivity contribution in [3.63, 3.8) is 0 Å². The van der Waals surface area contributed by atoms with E-state index in [1.807, 2.05) is 13.0 Å². The van der Waals surface area contributed by atoms with Crippen molar-refractivity contribution in [3.05, 3.63) is 35.1 Å². The molecule has 0 aliphatic carbocycles. The molecule has 0 heterocycles. The topological polar surface area (TPSA) is 41.5 Å². The molecule has 0 saturated carbocycles. The van der Waals surface area contributed by atoms with Gasteiger partial charge in [0.1, 0.15) is 5.82 Å². The molecule has 2 N–H and O–H groups in total. The highest BCUT2D eigenvalue weighted by Crippen LogP contribution is 2.15. The first-order valence-electron chi connectivity index (χ1n) is 5.83. The van der Waals surface area contributed by atoms with E-state index in [2.05, 4.69) is 5.32 Å². The van der Waals surface area contributed by atoms with E-state index in [1.165, 1.54) is 0 Å². The van der Waals surface area contributed by atoms with E-state index in [0.717, 1.165) is 5.56 Å². The summed E-state index contributed by atoms with van der Waals surface area (Å²) in [7, 11) is 0. The highest BCUT2D eigenvalue weighted by molar-refractivity contribution is 5.25. The molecule has 0 amide bonds. The number of aliphatic hydroxyl groups is 1. The monoisotopic (exact) mass is 241 g/mol. The molecule has 3 nitrogen and oxygen atoms in total. The Morgan fingerprint density at radius 3 is 2.82 bits per heavy atom. The first kappa shape index (κ1) is 14.1. The van der Waals surface area contributed by atoms with Crippen LogP contribution >= 0.6 is 0 Å². The number of hydrogen-bond donors (Lipinski definition) is 2. The van der Waals surface area contributed by atoms with Gasteiger partial charge in [-0.1, -0.05) is 12.1 Å². The summed E-state index contributed by atoms with van der Waals surface area (Å²) in [6.07, 6.45) is 0. The van der Waals surface area contributed by atoms with Crippen molar-refractivity contribution in [2.24, 2.45) is 0 Å². The number of aryl methyl sites for hydroxylation is 1. The molecule has 1 aromatic carbocycles. The summed E-state index contributed by atoms with van der Waals surface area (Å²) in [5.74, 6) is -0.173. The van der Waals surface area contributed by atoms with Crippen LogP contribution < -0.4 is 5.32 Å². The molecule has 1 rings (SSSR count). The standard InChI is InChI=1S/C13H20FNO2/c1-10-3-4-12(9-13(10)14)11(2)15-5-7-17-8-6-16/h3-4,9,11,15-16H,5-8H2,1-2H3. The van der Waals surface area contributed by atoms with E-state index < -0.39 is 0 Å². The van der Waals surface area contributed by atoms with Crippen LogP contribution in [0.1, 0.15) is 24.1 Å². The molecule has 0 bridgehead atoms. The summed E-state index contributed by atoms with van der Waals surface area (Å²) >= 11 is 0. The molecule has 96 valence electrons. The van der Waals surface area contributed by atoms with Gasteiger partial charge in [-0.15, -0.1) is 0 Å². The summed E-state index contributed by atoms with van der Waals surface area (Å²) in [6, 6.07) is 5.35. The molecule has 0 saturated heterocycles. The van der Waals surface area contributed by atoms with Gasteiger partial charge in [0.05, 0.1) is 19.8 Å². The Balaban J connectivity index is 2.36. The molecule has 0 fully saturated rings. The van der Waals surface area contributed by atoms with E-state index in [4.69, 9.17) is 9.84 Å². The van der Waals surface area contributed by atoms with Crippen molar-refractivity contribution in [3.8, 4) is 0 Å². The number of aliphatic hydroxyl groups excluding tert-OH is 1. The van der Waals surface area contributed by atoms with Crippen molar-refractivity contribution in [1.29, 1.82) is 0 Å². The molecule has 0 aliphatic rings. The molecule has 1 unspecified atom stereocenters. The zero-order valence-electron chi connectivity index (χ0n) is 10.4. The minimum Gasteiger partial charge on any atom is -0.394 e. The molecular weight excluding hydrogens is 221 g/mol. The molecule has 0 spiro atoms. The predicted molar refractivity (Wildman–Crippen MR) is 65.5 cm³/mol. The van der Waals surface area contributed by atoms with E-state index in [0.29, 0.717) is 25.3 Å². The molecule has 17 heavy (non-hydrogen) atoms. The third kappa shape index (κ3) is 4.81. The quantitative estimate of drug-likeness (QED) is 0.715. The normalized spacial score (nSPS) is 12.7. The predicted octanol–water partition coefficient (Wildman–Crippen LogP) is 1.79. The number of ether oxygens (including phenoxy) is 1. The fourth-order valence-electron chi connectivity index (χ4n) is 1.51. The first-order chi connectivity index (χ1) is 8.15. The Kier molecular flexibility index (Phi) is 6.11. The van der Waals surface area contributed by atoms with Crippen LogP contribution in [0.15, 0.2) is 18.2 Å². The lowest BCUT2D eigenvalue weighted by Crippen LogP contribution is -2.23. The van der Waals surface area contributed by atoms with Crippen molar-refractivity contribution in [2.75, 3.05) is 26.4 Å². The zero-order valence-corrected chi connectivity index (χ0v) is 10.4. The van der Waals surface area contributed by atoms with Crippen LogP contribution in [0.3, 0.4) is 0 Å². The highest BCUT2D eigenvalue weighted by Gasteiger charge is 2.06. The van der Waals surface area contributed by atoms with Gasteiger partial charge in [-0.3, -0.25) is 0 Å². The minimum absolute atomic E-state index is 0.0404. The highest BCUT2D eigenvalue weighted by atomic mass is 19.1. The largest absolute Gasteiger partial charge is 0.394 e. The summed E-state index contributed by atoms with van der Waals surface area (Å²) < 4.78 is 18.5. The number of hydrogen-bond acceptors (Lipinski definition) is 3. The lowest BCUT2D eigenvalue weighted by atomic mass is 10.1. The second kappa shape index (κ2) is 7.37. The lowest BCUT2D eigenvalue weighted by molar-refractivity contribution is 0.0928. The first-order valence-corrected chi connectivity index (χ1v) is 5.83. The fourth-order valence-corrected chi connectivity index (χ4v) is 1.51. The molecule has 1 aromatic rings. The maximum Gasteiger partial charge on any atom is 0.126 e. The van der Waals surface area contributed by atoms with Crippen molar-refractivity contribution in [2.45, 2.75) is 19.9 Å². The maximum atomic E-state index is 13.3. The number of halogens is 1. The Morgan fingerprint density at radius 2 is 2.18 bits per heavy atom. The SMILES string of the molecule is Cc1ccc(C(C)NCCOCCO)cc1F. The Morgan fingerprint density at radius 1 is 1.41 bits per heavy atom. The second-order valence-corrected chi connectivity index (χ2v) is 4.02. The summed E-state index contributed by atoms with van der Waals surface area (Å²) in [6.45, 7) is 5.35. The summed E-state index contributed by atoms with van der Waals surface area (Å²) in [5.41, 5.74) is 1.59. The van der Waals surface area contributed by atoms with Crippen LogP contribution in [0.5, 0.6) is 0 Å². The van der Waals surface area contributed by atoms with Gasteiger partial charge in [0.2, 0.25) is 0 Å². The average molecular weight is 241 g/mol. The van der Waals surface area contributed by atoms with Crippen molar-refractivity contribution in [1.82, 2.24) is 5.32 Å². The summed E-state index contributed by atoms with van der Waals surface area (Å²) in [4.78, 5) is 0. The van der Waals surface area contributed by atoms with Crippen LogP contribution in [0.2, 0.25) is 0 Å². The second-order valence-electron chi connectivity index (χ2n) is 4.02. The number of rotatable bonds is 7. The van der Waals surface area contributed by atoms with Gasteiger partial charge in [-0.05, 0) is 31.0 Å².